The molecule has 2 amide bonds. The monoisotopic (exact) mass is 711 g/mol. The summed E-state index contributed by atoms with van der Waals surface area (Å²) in [6, 6.07) is 12.2. The first-order valence-electron chi connectivity index (χ1n) is 18.8. The average Bonchev–Trinajstić information content (AvgIpc) is 3.18. The maximum absolute atomic E-state index is 13.4. The molecule has 7 nitrogen and oxygen atoms in total. The fraction of sp³-hybridized carbons (Fsp3) is 0.326. The molecule has 0 aliphatic carbocycles. The molecular weight excluding hydrogens is 655 g/mol. The highest BCUT2D eigenvalue weighted by atomic mass is 16.2. The van der Waals surface area contributed by atoms with Gasteiger partial charge in [0.15, 0.2) is 0 Å². The molecule has 0 saturated carbocycles. The number of aromatic nitrogens is 1. The van der Waals surface area contributed by atoms with Crippen molar-refractivity contribution in [2.24, 2.45) is 0 Å². The number of pyridine rings is 1. The van der Waals surface area contributed by atoms with Gasteiger partial charge in [0, 0.05) is 62.1 Å². The van der Waals surface area contributed by atoms with Crippen molar-refractivity contribution >= 4 is 23.2 Å². The van der Waals surface area contributed by atoms with E-state index in [2.05, 4.69) is 52.3 Å². The SMILES string of the molecule is C=CC(=C\C=C/C)/C(=C/C)C(/C)=C(\C=C)C(=O)NC1CCN(c2ccc(CN3CCC(NC(=O)c4cccc(/C(C=C)=C/C=C\C)c4)CC3)cn2)CC1. The van der Waals surface area contributed by atoms with Crippen LogP contribution in [0.25, 0.3) is 5.57 Å². The van der Waals surface area contributed by atoms with Gasteiger partial charge in [-0.25, -0.2) is 4.98 Å². The second-order valence-corrected chi connectivity index (χ2v) is 13.5. The first-order valence-corrected chi connectivity index (χ1v) is 18.8. The predicted octanol–water partition coefficient (Wildman–Crippen LogP) is 8.84. The van der Waals surface area contributed by atoms with E-state index in [1.54, 1.807) is 6.08 Å². The zero-order valence-corrected chi connectivity index (χ0v) is 32.1. The van der Waals surface area contributed by atoms with Crippen molar-refractivity contribution in [1.82, 2.24) is 20.5 Å². The lowest BCUT2D eigenvalue weighted by Gasteiger charge is -2.34. The number of carbonyl (C=O) groups is 2. The molecule has 0 unspecified atom stereocenters. The van der Waals surface area contributed by atoms with Gasteiger partial charge in [-0.15, -0.1) is 0 Å². The number of benzene rings is 1. The highest BCUT2D eigenvalue weighted by Gasteiger charge is 2.25. The second kappa shape index (κ2) is 20.7. The summed E-state index contributed by atoms with van der Waals surface area (Å²) in [4.78, 5) is 36.1. The number of amides is 2. The van der Waals surface area contributed by atoms with E-state index in [0.29, 0.717) is 11.1 Å². The van der Waals surface area contributed by atoms with Crippen molar-refractivity contribution in [2.75, 3.05) is 31.1 Å². The number of piperidine rings is 2. The van der Waals surface area contributed by atoms with Crippen molar-refractivity contribution < 1.29 is 9.59 Å². The molecule has 2 aliphatic heterocycles. The van der Waals surface area contributed by atoms with E-state index in [4.69, 9.17) is 4.98 Å². The summed E-state index contributed by atoms with van der Waals surface area (Å²) in [6.07, 6.45) is 24.6. The molecule has 1 aromatic heterocycles. The Morgan fingerprint density at radius 2 is 1.49 bits per heavy atom. The Balaban J connectivity index is 1.24. The van der Waals surface area contributed by atoms with Crippen LogP contribution in [0, 0.1) is 0 Å². The maximum atomic E-state index is 13.4. The molecule has 0 radical (unpaired) electrons. The lowest BCUT2D eigenvalue weighted by atomic mass is 9.93. The molecule has 1 aromatic carbocycles. The van der Waals surface area contributed by atoms with Crippen LogP contribution in [-0.2, 0) is 11.3 Å². The molecule has 53 heavy (non-hydrogen) atoms. The number of carbonyl (C=O) groups excluding carboxylic acids is 2. The minimum atomic E-state index is -0.0976. The highest BCUT2D eigenvalue weighted by Crippen LogP contribution is 2.25. The van der Waals surface area contributed by atoms with Gasteiger partial charge in [0.1, 0.15) is 5.82 Å². The topological polar surface area (TPSA) is 77.6 Å². The Morgan fingerprint density at radius 3 is 2.09 bits per heavy atom. The minimum absolute atomic E-state index is 0.0337. The fourth-order valence-corrected chi connectivity index (χ4v) is 6.93. The number of likely N-dealkylation sites (tertiary alicyclic amines) is 1. The number of nitrogens with zero attached hydrogens (tertiary/aromatic N) is 3. The van der Waals surface area contributed by atoms with Crippen molar-refractivity contribution in [3.63, 3.8) is 0 Å². The molecule has 2 N–H and O–H groups in total. The second-order valence-electron chi connectivity index (χ2n) is 13.5. The maximum Gasteiger partial charge on any atom is 0.251 e. The molecule has 0 spiro atoms. The third-order valence-electron chi connectivity index (χ3n) is 9.98. The van der Waals surface area contributed by atoms with Gasteiger partial charge in [-0.05, 0) is 105 Å². The Morgan fingerprint density at radius 1 is 0.830 bits per heavy atom. The van der Waals surface area contributed by atoms with E-state index < -0.39 is 0 Å². The van der Waals surface area contributed by atoms with Crippen molar-refractivity contribution in [2.45, 2.75) is 72.0 Å². The Kier molecular flexibility index (Phi) is 15.8. The van der Waals surface area contributed by atoms with Gasteiger partial charge >= 0.3 is 0 Å². The molecule has 2 aliphatic rings. The van der Waals surface area contributed by atoms with E-state index in [9.17, 15) is 9.59 Å². The molecule has 0 atom stereocenters. The highest BCUT2D eigenvalue weighted by molar-refractivity contribution is 5.98. The lowest BCUT2D eigenvalue weighted by Crippen LogP contribution is -2.45. The molecule has 2 aromatic rings. The number of hydrogen-bond donors (Lipinski definition) is 2. The van der Waals surface area contributed by atoms with Gasteiger partial charge in [0.25, 0.3) is 11.8 Å². The van der Waals surface area contributed by atoms with Crippen molar-refractivity contribution in [1.29, 1.82) is 0 Å². The van der Waals surface area contributed by atoms with Crippen molar-refractivity contribution in [3.8, 4) is 0 Å². The first-order chi connectivity index (χ1) is 25.7. The summed E-state index contributed by atoms with van der Waals surface area (Å²) in [7, 11) is 0. The minimum Gasteiger partial charge on any atom is -0.356 e. The summed E-state index contributed by atoms with van der Waals surface area (Å²) in [6.45, 7) is 24.0. The third-order valence-corrected chi connectivity index (χ3v) is 9.98. The molecule has 3 heterocycles. The predicted molar refractivity (Wildman–Crippen MR) is 223 cm³/mol. The van der Waals surface area contributed by atoms with Crippen LogP contribution >= 0.6 is 0 Å². The van der Waals surface area contributed by atoms with Crippen LogP contribution in [0.4, 0.5) is 5.82 Å². The van der Waals surface area contributed by atoms with Crippen LogP contribution in [0.2, 0.25) is 0 Å². The lowest BCUT2D eigenvalue weighted by molar-refractivity contribution is -0.118. The normalized spacial score (nSPS) is 17.5. The van der Waals surface area contributed by atoms with Crippen molar-refractivity contribution in [3.05, 3.63) is 162 Å². The van der Waals surface area contributed by atoms with Gasteiger partial charge in [-0.3, -0.25) is 14.5 Å². The molecule has 2 fully saturated rings. The molecule has 2 saturated heterocycles. The summed E-state index contributed by atoms with van der Waals surface area (Å²) in [5, 5.41) is 6.51. The molecule has 4 rings (SSSR count). The van der Waals surface area contributed by atoms with Gasteiger partial charge in [0.2, 0.25) is 0 Å². The van der Waals surface area contributed by atoms with Crippen LogP contribution in [0.15, 0.2) is 145 Å². The smallest absolute Gasteiger partial charge is 0.251 e. The van der Waals surface area contributed by atoms with Gasteiger partial charge < -0.3 is 15.5 Å². The zero-order valence-electron chi connectivity index (χ0n) is 32.1. The Hall–Kier alpha value is -5.27. The van der Waals surface area contributed by atoms with E-state index >= 15 is 0 Å². The quantitative estimate of drug-likeness (QED) is 0.143. The van der Waals surface area contributed by atoms with Crippen LogP contribution in [0.3, 0.4) is 0 Å². The number of rotatable bonds is 15. The van der Waals surface area contributed by atoms with Crippen LogP contribution in [0.1, 0.15) is 74.9 Å². The average molecular weight is 712 g/mol. The van der Waals surface area contributed by atoms with Gasteiger partial charge in [0.05, 0.1) is 0 Å². The molecule has 7 heteroatoms. The first kappa shape index (κ1) is 40.5. The number of hydrogen-bond acceptors (Lipinski definition) is 5. The zero-order chi connectivity index (χ0) is 38.2. The summed E-state index contributed by atoms with van der Waals surface area (Å²) in [5.74, 6) is 0.833. The molecule has 278 valence electrons. The van der Waals surface area contributed by atoms with Gasteiger partial charge in [-0.1, -0.05) is 98.7 Å². The Labute approximate surface area is 317 Å². The van der Waals surface area contributed by atoms with Gasteiger partial charge in [-0.2, -0.15) is 0 Å². The van der Waals surface area contributed by atoms with E-state index in [-0.39, 0.29) is 23.9 Å². The Bertz CT molecular complexity index is 1790. The summed E-state index contributed by atoms with van der Waals surface area (Å²) >= 11 is 0. The van der Waals surface area contributed by atoms with E-state index in [1.165, 1.54) is 5.56 Å². The third kappa shape index (κ3) is 11.4. The fourth-order valence-electron chi connectivity index (χ4n) is 6.93. The number of anilines is 1. The van der Waals surface area contributed by atoms with Crippen LogP contribution in [0.5, 0.6) is 0 Å². The summed E-state index contributed by atoms with van der Waals surface area (Å²) < 4.78 is 0. The number of nitrogens with one attached hydrogen (secondary N) is 2. The van der Waals surface area contributed by atoms with E-state index in [0.717, 1.165) is 92.1 Å². The standard InChI is InChI=1S/C46H57N5O2/c1-8-14-17-36(10-3)38-19-16-20-39(31-38)45(52)48-40-23-27-50(28-24-40)33-35-21-22-44(47-32-35)51-29-25-41(26-30-51)49-46(53)43(13-6)34(7)42(12-5)37(11-4)18-15-9-2/h8-22,31-32,40-41H,3-4,6,23-30,33H2,1-2,5,7H3,(H,48,52)(H,49,53)/b14-8-,15-9-,36-17+,37-18+,42-12+,43-34+. The van der Waals surface area contributed by atoms with Crippen LogP contribution in [-0.4, -0.2) is 60.0 Å². The summed E-state index contributed by atoms with van der Waals surface area (Å²) in [5.41, 5.74) is 7.19. The molecular formula is C46H57N5O2. The molecule has 0 bridgehead atoms. The van der Waals surface area contributed by atoms with Crippen LogP contribution < -0.4 is 15.5 Å². The number of allylic oxidation sites excluding steroid dienone is 13. The largest absolute Gasteiger partial charge is 0.356 e. The van der Waals surface area contributed by atoms with E-state index in [1.807, 2.05) is 113 Å².